The van der Waals surface area contributed by atoms with Gasteiger partial charge in [-0.05, 0) is 24.3 Å². The number of ether oxygens (including phenoxy) is 1. The third-order valence-corrected chi connectivity index (χ3v) is 2.25. The Bertz CT molecular complexity index is 547. The summed E-state index contributed by atoms with van der Waals surface area (Å²) < 4.78 is 10.1. The maximum Gasteiger partial charge on any atom is 0.307 e. The Hall–Kier alpha value is -2.56. The molecule has 0 aliphatic carbocycles. The van der Waals surface area contributed by atoms with Gasteiger partial charge in [0.2, 0.25) is 0 Å². The van der Waals surface area contributed by atoms with Crippen molar-refractivity contribution >= 4 is 12.1 Å². The summed E-state index contributed by atoms with van der Waals surface area (Å²) in [6.07, 6.45) is 2.94. The van der Waals surface area contributed by atoms with Crippen molar-refractivity contribution in [1.82, 2.24) is 5.43 Å². The molecule has 1 aromatic carbocycles. The second kappa shape index (κ2) is 5.67. The van der Waals surface area contributed by atoms with E-state index >= 15 is 0 Å². The monoisotopic (exact) mass is 244 g/mol. The van der Waals surface area contributed by atoms with Crippen LogP contribution in [0.15, 0.2) is 52.2 Å². The third-order valence-electron chi connectivity index (χ3n) is 2.25. The smallest absolute Gasteiger partial charge is 0.307 e. The largest absolute Gasteiger partial charge is 0.496 e. The van der Waals surface area contributed by atoms with Crippen molar-refractivity contribution in [3.8, 4) is 5.75 Å². The van der Waals surface area contributed by atoms with Crippen LogP contribution >= 0.6 is 0 Å². The third kappa shape index (κ3) is 2.76. The molecule has 1 N–H and O–H groups in total. The van der Waals surface area contributed by atoms with Crippen LogP contribution in [-0.2, 0) is 0 Å². The van der Waals surface area contributed by atoms with Gasteiger partial charge in [0.15, 0.2) is 5.76 Å². The van der Waals surface area contributed by atoms with E-state index in [1.807, 2.05) is 24.3 Å². The van der Waals surface area contributed by atoms with Crippen LogP contribution in [-0.4, -0.2) is 19.2 Å². The molecule has 0 atom stereocenters. The number of para-hydroxylation sites is 1. The van der Waals surface area contributed by atoms with E-state index in [0.717, 1.165) is 5.56 Å². The van der Waals surface area contributed by atoms with Gasteiger partial charge in [-0.15, -0.1) is 0 Å². The first-order valence-corrected chi connectivity index (χ1v) is 5.31. The summed E-state index contributed by atoms with van der Waals surface area (Å²) in [6, 6.07) is 10.6. The van der Waals surface area contributed by atoms with Gasteiger partial charge in [0.1, 0.15) is 5.75 Å². The highest BCUT2D eigenvalue weighted by Gasteiger charge is 2.06. The van der Waals surface area contributed by atoms with E-state index in [9.17, 15) is 4.79 Å². The highest BCUT2D eigenvalue weighted by molar-refractivity contribution is 5.92. The number of rotatable bonds is 4. The first-order chi connectivity index (χ1) is 8.81. The zero-order valence-electron chi connectivity index (χ0n) is 9.79. The molecule has 0 aliphatic heterocycles. The Labute approximate surface area is 104 Å². The zero-order valence-corrected chi connectivity index (χ0v) is 9.79. The van der Waals surface area contributed by atoms with Crippen LogP contribution in [0.25, 0.3) is 0 Å². The van der Waals surface area contributed by atoms with E-state index < -0.39 is 5.91 Å². The Morgan fingerprint density at radius 1 is 1.33 bits per heavy atom. The molecule has 0 saturated carbocycles. The molecule has 5 nitrogen and oxygen atoms in total. The number of carbonyl (C=O) groups is 1. The quantitative estimate of drug-likeness (QED) is 0.661. The van der Waals surface area contributed by atoms with Gasteiger partial charge in [0, 0.05) is 5.56 Å². The summed E-state index contributed by atoms with van der Waals surface area (Å²) in [5.74, 6) is 0.506. The van der Waals surface area contributed by atoms with Crippen LogP contribution in [0.1, 0.15) is 16.1 Å². The zero-order chi connectivity index (χ0) is 12.8. The van der Waals surface area contributed by atoms with E-state index in [1.54, 1.807) is 19.2 Å². The molecule has 0 spiro atoms. The van der Waals surface area contributed by atoms with E-state index in [4.69, 9.17) is 9.15 Å². The first-order valence-electron chi connectivity index (χ1n) is 5.31. The summed E-state index contributed by atoms with van der Waals surface area (Å²) in [7, 11) is 1.58. The average Bonchev–Trinajstić information content (AvgIpc) is 2.93. The topological polar surface area (TPSA) is 63.8 Å². The molecule has 0 bridgehead atoms. The lowest BCUT2D eigenvalue weighted by atomic mass is 10.2. The number of hydrogen-bond acceptors (Lipinski definition) is 4. The van der Waals surface area contributed by atoms with Crippen LogP contribution in [0, 0.1) is 0 Å². The van der Waals surface area contributed by atoms with Crippen LogP contribution < -0.4 is 10.2 Å². The van der Waals surface area contributed by atoms with Gasteiger partial charge in [-0.1, -0.05) is 12.1 Å². The molecule has 92 valence electrons. The normalized spacial score (nSPS) is 10.5. The fourth-order valence-electron chi connectivity index (χ4n) is 1.40. The first kappa shape index (κ1) is 11.9. The van der Waals surface area contributed by atoms with Gasteiger partial charge in [-0.25, -0.2) is 5.43 Å². The van der Waals surface area contributed by atoms with Crippen molar-refractivity contribution in [2.45, 2.75) is 0 Å². The van der Waals surface area contributed by atoms with Crippen LogP contribution in [0.4, 0.5) is 0 Å². The van der Waals surface area contributed by atoms with E-state index in [2.05, 4.69) is 10.5 Å². The minimum atomic E-state index is -0.397. The van der Waals surface area contributed by atoms with Crippen molar-refractivity contribution in [2.24, 2.45) is 5.10 Å². The number of amides is 1. The number of furan rings is 1. The second-order valence-electron chi connectivity index (χ2n) is 3.42. The SMILES string of the molecule is COc1ccccc1/C=N/NC(=O)c1ccco1. The lowest BCUT2D eigenvalue weighted by Crippen LogP contribution is -2.16. The molecule has 2 rings (SSSR count). The molecule has 0 radical (unpaired) electrons. The maximum atomic E-state index is 11.5. The molecule has 5 heteroatoms. The van der Waals surface area contributed by atoms with Gasteiger partial charge in [-0.2, -0.15) is 5.10 Å². The molecule has 0 unspecified atom stereocenters. The number of nitrogens with zero attached hydrogens (tertiary/aromatic N) is 1. The Balaban J connectivity index is 2.01. The fourth-order valence-corrected chi connectivity index (χ4v) is 1.40. The lowest BCUT2D eigenvalue weighted by molar-refractivity contribution is 0.0927. The molecule has 18 heavy (non-hydrogen) atoms. The number of benzene rings is 1. The summed E-state index contributed by atoms with van der Waals surface area (Å²) in [6.45, 7) is 0. The number of methoxy groups -OCH3 is 1. The number of hydrogen-bond donors (Lipinski definition) is 1. The number of hydrazone groups is 1. The molecular formula is C13H12N2O3. The molecule has 2 aromatic rings. The van der Waals surface area contributed by atoms with Crippen molar-refractivity contribution in [3.63, 3.8) is 0 Å². The van der Waals surface area contributed by atoms with Crippen LogP contribution in [0.2, 0.25) is 0 Å². The maximum absolute atomic E-state index is 11.5. The fraction of sp³-hybridized carbons (Fsp3) is 0.0769. The number of carbonyl (C=O) groups excluding carboxylic acids is 1. The van der Waals surface area contributed by atoms with Gasteiger partial charge in [0.25, 0.3) is 0 Å². The molecule has 0 saturated heterocycles. The van der Waals surface area contributed by atoms with Crippen molar-refractivity contribution in [2.75, 3.05) is 7.11 Å². The summed E-state index contributed by atoms with van der Waals surface area (Å²) in [5.41, 5.74) is 3.14. The highest BCUT2D eigenvalue weighted by Crippen LogP contribution is 2.14. The van der Waals surface area contributed by atoms with Crippen LogP contribution in [0.5, 0.6) is 5.75 Å². The van der Waals surface area contributed by atoms with E-state index in [0.29, 0.717) is 5.75 Å². The van der Waals surface area contributed by atoms with Gasteiger partial charge in [-0.3, -0.25) is 4.79 Å². The van der Waals surface area contributed by atoms with Crippen molar-refractivity contribution in [3.05, 3.63) is 54.0 Å². The van der Waals surface area contributed by atoms with Gasteiger partial charge < -0.3 is 9.15 Å². The number of nitrogens with one attached hydrogen (secondary N) is 1. The molecule has 1 aromatic heterocycles. The minimum Gasteiger partial charge on any atom is -0.496 e. The van der Waals surface area contributed by atoms with E-state index in [-0.39, 0.29) is 5.76 Å². The molecule has 1 amide bonds. The summed E-state index contributed by atoms with van der Waals surface area (Å²) in [5, 5.41) is 3.84. The molecule has 1 heterocycles. The lowest BCUT2D eigenvalue weighted by Gasteiger charge is -2.02. The van der Waals surface area contributed by atoms with Gasteiger partial charge >= 0.3 is 5.91 Å². The second-order valence-corrected chi connectivity index (χ2v) is 3.42. The predicted octanol–water partition coefficient (Wildman–Crippen LogP) is 2.05. The summed E-state index contributed by atoms with van der Waals surface area (Å²) in [4.78, 5) is 11.5. The Morgan fingerprint density at radius 2 is 2.17 bits per heavy atom. The van der Waals surface area contributed by atoms with Gasteiger partial charge in [0.05, 0.1) is 19.6 Å². The molecular weight excluding hydrogens is 232 g/mol. The van der Waals surface area contributed by atoms with Crippen molar-refractivity contribution < 1.29 is 13.9 Å². The van der Waals surface area contributed by atoms with E-state index in [1.165, 1.54) is 12.5 Å². The van der Waals surface area contributed by atoms with Crippen LogP contribution in [0.3, 0.4) is 0 Å². The van der Waals surface area contributed by atoms with Crippen molar-refractivity contribution in [1.29, 1.82) is 0 Å². The average molecular weight is 244 g/mol. The minimum absolute atomic E-state index is 0.215. The summed E-state index contributed by atoms with van der Waals surface area (Å²) >= 11 is 0. The predicted molar refractivity (Wildman–Crippen MR) is 66.8 cm³/mol. The highest BCUT2D eigenvalue weighted by atomic mass is 16.5. The Kier molecular flexibility index (Phi) is 3.76. The molecule has 0 aliphatic rings. The standard InChI is InChI=1S/C13H12N2O3/c1-17-11-6-3-2-5-10(11)9-14-15-13(16)12-7-4-8-18-12/h2-9H,1H3,(H,15,16)/b14-9+. The molecule has 0 fully saturated rings. The Morgan fingerprint density at radius 3 is 2.89 bits per heavy atom.